The Balaban J connectivity index is 2.14. The van der Waals surface area contributed by atoms with Gasteiger partial charge in [-0.1, -0.05) is 30.3 Å². The summed E-state index contributed by atoms with van der Waals surface area (Å²) >= 11 is 0. The Bertz CT molecular complexity index is 300. The molecule has 88 valence electrons. The van der Waals surface area contributed by atoms with Crippen LogP contribution < -0.4 is 5.32 Å². The van der Waals surface area contributed by atoms with Crippen molar-refractivity contribution < 1.29 is 5.21 Å². The zero-order chi connectivity index (χ0) is 11.6. The van der Waals surface area contributed by atoms with E-state index in [4.69, 9.17) is 0 Å². The molecule has 0 fully saturated rings. The molecule has 0 aliphatic heterocycles. The van der Waals surface area contributed by atoms with E-state index in [9.17, 15) is 5.21 Å². The second kappa shape index (κ2) is 7.84. The number of hydroxylamine groups is 2. The van der Waals surface area contributed by atoms with Crippen LogP contribution in [0.2, 0.25) is 0 Å². The van der Waals surface area contributed by atoms with Gasteiger partial charge < -0.3 is 10.5 Å². The van der Waals surface area contributed by atoms with Gasteiger partial charge in [-0.2, -0.15) is 5.06 Å². The fraction of sp³-hybridized carbons (Fsp3) is 0.417. The van der Waals surface area contributed by atoms with Crippen molar-refractivity contribution in [1.82, 2.24) is 10.4 Å². The third kappa shape index (κ3) is 5.48. The second-order valence-electron chi connectivity index (χ2n) is 3.57. The van der Waals surface area contributed by atoms with Crippen LogP contribution in [0.5, 0.6) is 0 Å². The molecule has 4 heteroatoms. The summed E-state index contributed by atoms with van der Waals surface area (Å²) in [5.74, 6) is 0. The van der Waals surface area contributed by atoms with Crippen molar-refractivity contribution in [3.8, 4) is 0 Å². The van der Waals surface area contributed by atoms with E-state index >= 15 is 0 Å². The lowest BCUT2D eigenvalue weighted by atomic mass is 10.2. The Morgan fingerprint density at radius 2 is 2.12 bits per heavy atom. The number of hydrogen-bond donors (Lipinski definition) is 2. The highest BCUT2D eigenvalue weighted by molar-refractivity contribution is 5.53. The summed E-state index contributed by atoms with van der Waals surface area (Å²) in [6.45, 7) is 2.05. The molecule has 16 heavy (non-hydrogen) atoms. The van der Waals surface area contributed by atoms with Crippen LogP contribution in [0.4, 0.5) is 0 Å². The first-order valence-electron chi connectivity index (χ1n) is 5.44. The summed E-state index contributed by atoms with van der Waals surface area (Å²) in [6, 6.07) is 9.93. The van der Waals surface area contributed by atoms with Crippen LogP contribution in [0.15, 0.2) is 35.3 Å². The molecule has 0 heterocycles. The highest BCUT2D eigenvalue weighted by atomic mass is 16.5. The number of aliphatic imine (C=N–C) groups is 1. The lowest BCUT2D eigenvalue weighted by Crippen LogP contribution is -2.23. The molecule has 0 spiro atoms. The number of benzene rings is 1. The molecule has 0 aliphatic rings. The summed E-state index contributed by atoms with van der Waals surface area (Å²) in [5, 5.41) is 14.0. The van der Waals surface area contributed by atoms with Crippen LogP contribution >= 0.6 is 0 Å². The minimum atomic E-state index is 0.572. The van der Waals surface area contributed by atoms with Gasteiger partial charge in [0.15, 0.2) is 0 Å². The van der Waals surface area contributed by atoms with Crippen molar-refractivity contribution in [2.45, 2.75) is 13.0 Å². The maximum Gasteiger partial charge on any atom is 0.0820 e. The molecule has 1 aromatic carbocycles. The summed E-state index contributed by atoms with van der Waals surface area (Å²) in [5.41, 5.74) is 1.12. The standard InChI is InChI=1S/C12H19N3O/c1-13-11-14-8-5-9-15(16)10-12-6-3-2-4-7-12/h2-4,6-7,11,16H,5,8-10H2,1H3,(H,13,14). The summed E-state index contributed by atoms with van der Waals surface area (Å²) in [6.07, 6.45) is 2.55. The highest BCUT2D eigenvalue weighted by Crippen LogP contribution is 2.02. The molecule has 4 nitrogen and oxygen atoms in total. The van der Waals surface area contributed by atoms with E-state index in [1.54, 1.807) is 13.4 Å². The molecule has 0 radical (unpaired) electrons. The summed E-state index contributed by atoms with van der Waals surface area (Å²) < 4.78 is 0. The number of nitrogens with zero attached hydrogens (tertiary/aromatic N) is 2. The van der Waals surface area contributed by atoms with E-state index < -0.39 is 0 Å². The first kappa shape index (κ1) is 12.7. The lowest BCUT2D eigenvalue weighted by molar-refractivity contribution is -0.0994. The molecular weight excluding hydrogens is 202 g/mol. The summed E-state index contributed by atoms with van der Waals surface area (Å²) in [7, 11) is 1.72. The highest BCUT2D eigenvalue weighted by Gasteiger charge is 2.00. The first-order chi connectivity index (χ1) is 7.83. The van der Waals surface area contributed by atoms with Gasteiger partial charge in [0.25, 0.3) is 0 Å². The zero-order valence-electron chi connectivity index (χ0n) is 9.63. The fourth-order valence-corrected chi connectivity index (χ4v) is 1.39. The van der Waals surface area contributed by atoms with Crippen molar-refractivity contribution in [2.75, 3.05) is 20.1 Å². The fourth-order valence-electron chi connectivity index (χ4n) is 1.39. The Hall–Kier alpha value is -1.39. The van der Waals surface area contributed by atoms with Crippen LogP contribution in [-0.2, 0) is 6.54 Å². The lowest BCUT2D eigenvalue weighted by Gasteiger charge is -2.14. The van der Waals surface area contributed by atoms with Crippen molar-refractivity contribution in [3.05, 3.63) is 35.9 Å². The van der Waals surface area contributed by atoms with Crippen molar-refractivity contribution >= 4 is 6.34 Å². The van der Waals surface area contributed by atoms with Crippen LogP contribution in [0, 0.1) is 0 Å². The Labute approximate surface area is 96.6 Å². The Kier molecular flexibility index (Phi) is 6.22. The molecule has 0 saturated carbocycles. The van der Waals surface area contributed by atoms with Gasteiger partial charge in [-0.25, -0.2) is 0 Å². The van der Waals surface area contributed by atoms with Crippen molar-refractivity contribution in [2.24, 2.45) is 4.99 Å². The Morgan fingerprint density at radius 1 is 1.38 bits per heavy atom. The third-order valence-electron chi connectivity index (χ3n) is 2.17. The SMILES string of the molecule is CN=CNCCCN(O)Cc1ccccc1. The molecule has 0 saturated heterocycles. The van der Waals surface area contributed by atoms with Gasteiger partial charge in [0.1, 0.15) is 0 Å². The zero-order valence-corrected chi connectivity index (χ0v) is 9.63. The normalized spacial score (nSPS) is 11.2. The van der Waals surface area contributed by atoms with Gasteiger partial charge in [-0.05, 0) is 12.0 Å². The minimum Gasteiger partial charge on any atom is -0.376 e. The average Bonchev–Trinajstić information content (AvgIpc) is 2.30. The number of hydrogen-bond acceptors (Lipinski definition) is 3. The van der Waals surface area contributed by atoms with Gasteiger partial charge in [0.05, 0.1) is 6.34 Å². The molecule has 1 rings (SSSR count). The second-order valence-corrected chi connectivity index (χ2v) is 3.57. The van der Waals surface area contributed by atoms with E-state index in [2.05, 4.69) is 10.3 Å². The molecule has 0 unspecified atom stereocenters. The first-order valence-corrected chi connectivity index (χ1v) is 5.44. The number of nitrogens with one attached hydrogen (secondary N) is 1. The molecule has 0 aromatic heterocycles. The van der Waals surface area contributed by atoms with E-state index in [0.717, 1.165) is 18.5 Å². The predicted octanol–water partition coefficient (Wildman–Crippen LogP) is 1.52. The molecule has 0 bridgehead atoms. The molecule has 0 aliphatic carbocycles. The third-order valence-corrected chi connectivity index (χ3v) is 2.17. The molecule has 2 N–H and O–H groups in total. The van der Waals surface area contributed by atoms with Crippen LogP contribution in [0.25, 0.3) is 0 Å². The van der Waals surface area contributed by atoms with Crippen LogP contribution in [-0.4, -0.2) is 36.7 Å². The number of rotatable bonds is 7. The van der Waals surface area contributed by atoms with Gasteiger partial charge in [-0.15, -0.1) is 0 Å². The van der Waals surface area contributed by atoms with Crippen LogP contribution in [0.3, 0.4) is 0 Å². The maximum atomic E-state index is 9.63. The van der Waals surface area contributed by atoms with E-state index in [-0.39, 0.29) is 0 Å². The van der Waals surface area contributed by atoms with Gasteiger partial charge in [0.2, 0.25) is 0 Å². The smallest absolute Gasteiger partial charge is 0.0820 e. The Morgan fingerprint density at radius 3 is 2.81 bits per heavy atom. The summed E-state index contributed by atoms with van der Waals surface area (Å²) in [4.78, 5) is 3.81. The van der Waals surface area contributed by atoms with Crippen molar-refractivity contribution in [1.29, 1.82) is 0 Å². The van der Waals surface area contributed by atoms with E-state index in [1.807, 2.05) is 30.3 Å². The topological polar surface area (TPSA) is 47.9 Å². The van der Waals surface area contributed by atoms with Crippen molar-refractivity contribution in [3.63, 3.8) is 0 Å². The maximum absolute atomic E-state index is 9.63. The van der Waals surface area contributed by atoms with Gasteiger partial charge in [-0.3, -0.25) is 4.99 Å². The molecule has 1 aromatic rings. The largest absolute Gasteiger partial charge is 0.376 e. The minimum absolute atomic E-state index is 0.572. The quantitative estimate of drug-likeness (QED) is 0.317. The van der Waals surface area contributed by atoms with E-state index in [1.165, 1.54) is 5.06 Å². The van der Waals surface area contributed by atoms with Crippen LogP contribution in [0.1, 0.15) is 12.0 Å². The molecule has 0 amide bonds. The van der Waals surface area contributed by atoms with E-state index in [0.29, 0.717) is 13.1 Å². The predicted molar refractivity (Wildman–Crippen MR) is 65.7 cm³/mol. The molecular formula is C12H19N3O. The monoisotopic (exact) mass is 221 g/mol. The van der Waals surface area contributed by atoms with Gasteiger partial charge in [0, 0.05) is 26.7 Å². The molecule has 0 atom stereocenters. The van der Waals surface area contributed by atoms with Gasteiger partial charge >= 0.3 is 0 Å². The average molecular weight is 221 g/mol.